The van der Waals surface area contributed by atoms with Gasteiger partial charge in [-0.25, -0.2) is 0 Å². The highest BCUT2D eigenvalue weighted by atomic mass is 79.9. The number of methoxy groups -OCH3 is 3. The summed E-state index contributed by atoms with van der Waals surface area (Å²) in [6, 6.07) is 10.4. The molecule has 0 bridgehead atoms. The van der Waals surface area contributed by atoms with Crippen molar-refractivity contribution in [1.29, 1.82) is 0 Å². The van der Waals surface area contributed by atoms with Crippen molar-refractivity contribution in [2.75, 3.05) is 21.3 Å². The van der Waals surface area contributed by atoms with Crippen LogP contribution in [0.5, 0.6) is 17.2 Å². The van der Waals surface area contributed by atoms with Gasteiger partial charge in [0.2, 0.25) is 5.78 Å². The van der Waals surface area contributed by atoms with E-state index in [0.29, 0.717) is 32.8 Å². The van der Waals surface area contributed by atoms with Gasteiger partial charge in [0, 0.05) is 21.7 Å². The lowest BCUT2D eigenvalue weighted by molar-refractivity contribution is 0.105. The fourth-order valence-corrected chi connectivity index (χ4v) is 2.31. The summed E-state index contributed by atoms with van der Waals surface area (Å²) in [5.41, 5.74) is 1.08. The van der Waals surface area contributed by atoms with E-state index in [1.165, 1.54) is 0 Å². The average Bonchev–Trinajstić information content (AvgIpc) is 2.59. The monoisotopic (exact) mass is 374 g/mol. The second-order valence-electron chi connectivity index (χ2n) is 4.53. The maximum Gasteiger partial charge on any atom is 0.237 e. The molecule has 0 fully saturated rings. The van der Waals surface area contributed by atoms with Crippen molar-refractivity contribution in [3.05, 3.63) is 52.0 Å². The second-order valence-corrected chi connectivity index (χ2v) is 5.38. The molecule has 23 heavy (non-hydrogen) atoms. The van der Waals surface area contributed by atoms with Crippen LogP contribution >= 0.6 is 15.9 Å². The first-order valence-electron chi connectivity index (χ1n) is 6.70. The number of hydrogen-bond donors (Lipinski definition) is 0. The van der Waals surface area contributed by atoms with Crippen molar-refractivity contribution >= 4 is 21.7 Å². The van der Waals surface area contributed by atoms with E-state index in [0.717, 1.165) is 0 Å². The van der Waals surface area contributed by atoms with Crippen LogP contribution in [0.15, 0.2) is 40.9 Å². The number of carbonyl (C=O) groups is 1. The van der Waals surface area contributed by atoms with Crippen LogP contribution in [0.25, 0.3) is 0 Å². The summed E-state index contributed by atoms with van der Waals surface area (Å²) in [6.45, 7) is 0. The second kappa shape index (κ2) is 7.70. The summed E-state index contributed by atoms with van der Waals surface area (Å²) < 4.78 is 16.2. The van der Waals surface area contributed by atoms with Crippen LogP contribution in [0, 0.1) is 11.8 Å². The third-order valence-corrected chi connectivity index (χ3v) is 3.78. The molecule has 0 aliphatic heterocycles. The third-order valence-electron chi connectivity index (χ3n) is 3.09. The SMILES string of the molecule is COc1cc(C#CC(=O)c2cc(OC)ccc2Br)cc(OC)c1. The van der Waals surface area contributed by atoms with E-state index in [9.17, 15) is 4.79 Å². The summed E-state index contributed by atoms with van der Waals surface area (Å²) in [4.78, 5) is 12.3. The maximum absolute atomic E-state index is 12.3. The topological polar surface area (TPSA) is 44.8 Å². The van der Waals surface area contributed by atoms with E-state index in [2.05, 4.69) is 27.8 Å². The van der Waals surface area contributed by atoms with Crippen LogP contribution in [0.2, 0.25) is 0 Å². The first kappa shape index (κ1) is 16.9. The van der Waals surface area contributed by atoms with Gasteiger partial charge < -0.3 is 14.2 Å². The standard InChI is InChI=1S/C18H15BrO4/c1-21-13-5-6-17(19)16(11-13)18(20)7-4-12-8-14(22-2)10-15(9-12)23-3/h5-6,8-11H,1-3H3. The molecule has 0 saturated carbocycles. The largest absolute Gasteiger partial charge is 0.497 e. The van der Waals surface area contributed by atoms with Crippen LogP contribution in [0.4, 0.5) is 0 Å². The Balaban J connectivity index is 2.33. The van der Waals surface area contributed by atoms with Crippen LogP contribution in [0.3, 0.4) is 0 Å². The molecule has 0 heterocycles. The van der Waals surface area contributed by atoms with E-state index in [1.807, 2.05) is 0 Å². The molecule has 4 nitrogen and oxygen atoms in total. The van der Waals surface area contributed by atoms with Crippen molar-refractivity contribution in [1.82, 2.24) is 0 Å². The molecule has 0 aromatic heterocycles. The zero-order chi connectivity index (χ0) is 16.8. The molecule has 0 atom stereocenters. The number of ketones is 1. The lowest BCUT2D eigenvalue weighted by Gasteiger charge is -2.05. The molecule has 0 aliphatic carbocycles. The Morgan fingerprint density at radius 2 is 1.52 bits per heavy atom. The minimum atomic E-state index is -0.308. The number of rotatable bonds is 4. The van der Waals surface area contributed by atoms with E-state index >= 15 is 0 Å². The zero-order valence-corrected chi connectivity index (χ0v) is 14.6. The Morgan fingerprint density at radius 3 is 2.09 bits per heavy atom. The average molecular weight is 375 g/mol. The van der Waals surface area contributed by atoms with Crippen molar-refractivity contribution in [3.63, 3.8) is 0 Å². The van der Waals surface area contributed by atoms with Gasteiger partial charge in [-0.1, -0.05) is 21.9 Å². The van der Waals surface area contributed by atoms with Gasteiger partial charge in [-0.05, 0) is 36.3 Å². The summed E-state index contributed by atoms with van der Waals surface area (Å²) in [5.74, 6) is 6.98. The van der Waals surface area contributed by atoms with Crippen LogP contribution in [0.1, 0.15) is 15.9 Å². The number of halogens is 1. The Kier molecular flexibility index (Phi) is 5.67. The molecule has 0 aliphatic rings. The number of Topliss-reactive ketones (excluding diaryl/α,β-unsaturated/α-hetero) is 1. The Hall–Kier alpha value is -2.45. The van der Waals surface area contributed by atoms with Crippen molar-refractivity contribution in [2.45, 2.75) is 0 Å². The molecule has 118 valence electrons. The Morgan fingerprint density at radius 1 is 0.913 bits per heavy atom. The van der Waals surface area contributed by atoms with Crippen molar-refractivity contribution in [3.8, 4) is 29.1 Å². The fourth-order valence-electron chi connectivity index (χ4n) is 1.88. The molecule has 5 heteroatoms. The first-order valence-corrected chi connectivity index (χ1v) is 7.49. The van der Waals surface area contributed by atoms with Crippen LogP contribution in [-0.4, -0.2) is 27.1 Å². The summed E-state index contributed by atoms with van der Waals surface area (Å²) in [5, 5.41) is 0. The maximum atomic E-state index is 12.3. The van der Waals surface area contributed by atoms with Gasteiger partial charge in [-0.15, -0.1) is 0 Å². The van der Waals surface area contributed by atoms with E-state index in [4.69, 9.17) is 14.2 Å². The molecular weight excluding hydrogens is 360 g/mol. The lowest BCUT2D eigenvalue weighted by atomic mass is 10.1. The fraction of sp³-hybridized carbons (Fsp3) is 0.167. The molecule has 0 spiro atoms. The van der Waals surface area contributed by atoms with Gasteiger partial charge >= 0.3 is 0 Å². The smallest absolute Gasteiger partial charge is 0.237 e. The molecule has 2 aromatic rings. The summed E-state index contributed by atoms with van der Waals surface area (Å²) in [6.07, 6.45) is 0. The van der Waals surface area contributed by atoms with Crippen molar-refractivity contribution in [2.24, 2.45) is 0 Å². The van der Waals surface area contributed by atoms with Gasteiger partial charge in [-0.3, -0.25) is 4.79 Å². The highest BCUT2D eigenvalue weighted by Gasteiger charge is 2.09. The molecule has 0 saturated heterocycles. The van der Waals surface area contributed by atoms with E-state index < -0.39 is 0 Å². The Labute approximate surface area is 143 Å². The number of hydrogen-bond acceptors (Lipinski definition) is 4. The zero-order valence-electron chi connectivity index (χ0n) is 13.0. The normalized spacial score (nSPS) is 9.57. The number of carbonyl (C=O) groups excluding carboxylic acids is 1. The number of ether oxygens (including phenoxy) is 3. The summed E-state index contributed by atoms with van der Waals surface area (Å²) in [7, 11) is 4.67. The molecule has 0 N–H and O–H groups in total. The molecule has 0 radical (unpaired) electrons. The third kappa shape index (κ3) is 4.27. The summed E-state index contributed by atoms with van der Waals surface area (Å²) >= 11 is 3.35. The lowest BCUT2D eigenvalue weighted by Crippen LogP contribution is -1.98. The molecule has 0 unspecified atom stereocenters. The van der Waals surface area contributed by atoms with Crippen LogP contribution < -0.4 is 14.2 Å². The molecule has 2 aromatic carbocycles. The predicted molar refractivity (Wildman–Crippen MR) is 91.4 cm³/mol. The first-order chi connectivity index (χ1) is 11.1. The minimum absolute atomic E-state index is 0.308. The quantitative estimate of drug-likeness (QED) is 0.604. The predicted octanol–water partition coefficient (Wildman–Crippen LogP) is 3.71. The van der Waals surface area contributed by atoms with Crippen LogP contribution in [-0.2, 0) is 0 Å². The molecule has 0 amide bonds. The molecular formula is C18H15BrO4. The minimum Gasteiger partial charge on any atom is -0.497 e. The molecule has 2 rings (SSSR count). The number of benzene rings is 2. The van der Waals surface area contributed by atoms with E-state index in [-0.39, 0.29) is 5.78 Å². The van der Waals surface area contributed by atoms with Gasteiger partial charge in [0.15, 0.2) is 0 Å². The van der Waals surface area contributed by atoms with Gasteiger partial charge in [0.1, 0.15) is 17.2 Å². The van der Waals surface area contributed by atoms with Gasteiger partial charge in [0.25, 0.3) is 0 Å². The highest BCUT2D eigenvalue weighted by molar-refractivity contribution is 9.10. The van der Waals surface area contributed by atoms with Crippen molar-refractivity contribution < 1.29 is 19.0 Å². The van der Waals surface area contributed by atoms with Gasteiger partial charge in [-0.2, -0.15) is 0 Å². The van der Waals surface area contributed by atoms with E-state index in [1.54, 1.807) is 57.7 Å². The van der Waals surface area contributed by atoms with Gasteiger partial charge in [0.05, 0.1) is 21.3 Å². The Bertz CT molecular complexity index is 765. The highest BCUT2D eigenvalue weighted by Crippen LogP contribution is 2.24.